The molecule has 2 aromatic carbocycles. The lowest BCUT2D eigenvalue weighted by atomic mass is 9.96. The van der Waals surface area contributed by atoms with Gasteiger partial charge in [-0.3, -0.25) is 4.79 Å². The van der Waals surface area contributed by atoms with Crippen LogP contribution in [0.5, 0.6) is 0 Å². The first-order valence-corrected chi connectivity index (χ1v) is 9.69. The highest BCUT2D eigenvalue weighted by Crippen LogP contribution is 2.20. The Morgan fingerprint density at radius 1 is 1.15 bits per heavy atom. The molecule has 2 heterocycles. The van der Waals surface area contributed by atoms with E-state index in [1.54, 1.807) is 0 Å². The maximum absolute atomic E-state index is 12.6. The Balaban J connectivity index is 1.30. The fourth-order valence-electron chi connectivity index (χ4n) is 3.98. The van der Waals surface area contributed by atoms with Gasteiger partial charge in [-0.05, 0) is 66.9 Å². The lowest BCUT2D eigenvalue weighted by Gasteiger charge is -2.12. The van der Waals surface area contributed by atoms with E-state index >= 15 is 0 Å². The Morgan fingerprint density at radius 2 is 1.93 bits per heavy atom. The minimum Gasteiger partial charge on any atom is -0.351 e. The molecule has 1 aliphatic rings. The van der Waals surface area contributed by atoms with Crippen molar-refractivity contribution in [2.75, 3.05) is 6.54 Å². The molecule has 2 atom stereocenters. The molecule has 1 aliphatic heterocycles. The summed E-state index contributed by atoms with van der Waals surface area (Å²) in [4.78, 5) is 12.6. The number of carbonyl (C=O) groups excluding carboxylic acids is 1. The van der Waals surface area contributed by atoms with Crippen LogP contribution in [0.2, 0.25) is 0 Å². The van der Waals surface area contributed by atoms with Crippen molar-refractivity contribution in [3.05, 3.63) is 71.4 Å². The third kappa shape index (κ3) is 4.06. The fraction of sp³-hybridized carbons (Fsp3) is 0.348. The van der Waals surface area contributed by atoms with Crippen LogP contribution >= 0.6 is 0 Å². The number of hydrogen-bond donors (Lipinski definition) is 2. The summed E-state index contributed by atoms with van der Waals surface area (Å²) in [5, 5.41) is 7.70. The monoisotopic (exact) mass is 361 g/mol. The van der Waals surface area contributed by atoms with E-state index in [9.17, 15) is 4.79 Å². The van der Waals surface area contributed by atoms with Gasteiger partial charge in [-0.25, -0.2) is 0 Å². The van der Waals surface area contributed by atoms with E-state index in [1.807, 2.05) is 7.05 Å². The second-order valence-corrected chi connectivity index (χ2v) is 7.79. The van der Waals surface area contributed by atoms with Crippen LogP contribution in [-0.4, -0.2) is 23.1 Å². The molecule has 4 nitrogen and oxygen atoms in total. The normalized spacial score (nSPS) is 19.5. The molecule has 4 rings (SSSR count). The third-order valence-corrected chi connectivity index (χ3v) is 5.60. The minimum absolute atomic E-state index is 0.0825. The van der Waals surface area contributed by atoms with E-state index in [0.717, 1.165) is 24.9 Å². The summed E-state index contributed by atoms with van der Waals surface area (Å²) in [6, 6.07) is 17.1. The quantitative estimate of drug-likeness (QED) is 0.732. The number of amides is 1. The Labute approximate surface area is 160 Å². The zero-order valence-corrected chi connectivity index (χ0v) is 16.0. The molecule has 0 aliphatic carbocycles. The smallest absolute Gasteiger partial charge is 0.237 e. The van der Waals surface area contributed by atoms with Crippen LogP contribution in [0.15, 0.2) is 54.7 Å². The van der Waals surface area contributed by atoms with Crippen molar-refractivity contribution in [2.45, 2.75) is 32.4 Å². The maximum atomic E-state index is 12.6. The van der Waals surface area contributed by atoms with Crippen LogP contribution in [0, 0.1) is 12.8 Å². The summed E-state index contributed by atoms with van der Waals surface area (Å²) in [6.45, 7) is 3.59. The molecule has 1 aromatic heterocycles. The Kier molecular flexibility index (Phi) is 4.99. The van der Waals surface area contributed by atoms with Gasteiger partial charge in [-0.1, -0.05) is 35.9 Å². The molecule has 3 aromatic rings. The van der Waals surface area contributed by atoms with Gasteiger partial charge in [-0.15, -0.1) is 0 Å². The SMILES string of the molecule is Cc1ccc(CC2CNC(C(=O)NCc3ccc4c(ccn4C)c3)C2)cc1. The van der Waals surface area contributed by atoms with E-state index in [1.165, 1.54) is 22.0 Å². The van der Waals surface area contributed by atoms with Gasteiger partial charge in [0.25, 0.3) is 0 Å². The maximum Gasteiger partial charge on any atom is 0.237 e. The highest BCUT2D eigenvalue weighted by atomic mass is 16.2. The van der Waals surface area contributed by atoms with E-state index in [-0.39, 0.29) is 11.9 Å². The molecule has 0 saturated carbocycles. The number of nitrogens with zero attached hydrogens (tertiary/aromatic N) is 1. The van der Waals surface area contributed by atoms with Crippen LogP contribution in [0.25, 0.3) is 10.9 Å². The summed E-state index contributed by atoms with van der Waals surface area (Å²) in [6.07, 6.45) is 3.99. The summed E-state index contributed by atoms with van der Waals surface area (Å²) in [5.41, 5.74) is 4.98. The highest BCUT2D eigenvalue weighted by molar-refractivity contribution is 5.83. The van der Waals surface area contributed by atoms with Crippen LogP contribution < -0.4 is 10.6 Å². The van der Waals surface area contributed by atoms with Crippen molar-refractivity contribution in [2.24, 2.45) is 13.0 Å². The number of benzene rings is 2. The van der Waals surface area contributed by atoms with Crippen LogP contribution in [-0.2, 0) is 24.8 Å². The molecule has 1 amide bonds. The van der Waals surface area contributed by atoms with E-state index in [4.69, 9.17) is 0 Å². The van der Waals surface area contributed by atoms with Gasteiger partial charge in [0.2, 0.25) is 5.91 Å². The Hall–Kier alpha value is -2.59. The van der Waals surface area contributed by atoms with Gasteiger partial charge in [-0.2, -0.15) is 0 Å². The Bertz CT molecular complexity index is 942. The van der Waals surface area contributed by atoms with Crippen molar-refractivity contribution in [1.82, 2.24) is 15.2 Å². The number of carbonyl (C=O) groups is 1. The first-order chi connectivity index (χ1) is 13.1. The Morgan fingerprint density at radius 3 is 2.74 bits per heavy atom. The van der Waals surface area contributed by atoms with Gasteiger partial charge < -0.3 is 15.2 Å². The summed E-state index contributed by atoms with van der Waals surface area (Å²) >= 11 is 0. The number of nitrogens with one attached hydrogen (secondary N) is 2. The predicted molar refractivity (Wildman–Crippen MR) is 110 cm³/mol. The second kappa shape index (κ2) is 7.57. The lowest BCUT2D eigenvalue weighted by molar-refractivity contribution is -0.123. The van der Waals surface area contributed by atoms with E-state index < -0.39 is 0 Å². The van der Waals surface area contributed by atoms with Gasteiger partial charge in [0.1, 0.15) is 0 Å². The zero-order valence-electron chi connectivity index (χ0n) is 16.0. The molecule has 0 spiro atoms. The molecule has 4 heteroatoms. The molecule has 0 radical (unpaired) electrons. The molecule has 1 saturated heterocycles. The minimum atomic E-state index is -0.0825. The van der Waals surface area contributed by atoms with E-state index in [0.29, 0.717) is 12.5 Å². The topological polar surface area (TPSA) is 46.1 Å². The number of rotatable bonds is 5. The van der Waals surface area contributed by atoms with Crippen molar-refractivity contribution >= 4 is 16.8 Å². The van der Waals surface area contributed by atoms with Crippen molar-refractivity contribution in [3.8, 4) is 0 Å². The molecule has 2 N–H and O–H groups in total. The standard InChI is InChI=1S/C23H27N3O/c1-16-3-5-17(6-4-16)11-19-13-21(24-15-19)23(27)25-14-18-7-8-22-20(12-18)9-10-26(22)2/h3-10,12,19,21,24H,11,13-15H2,1-2H3,(H,25,27). The summed E-state index contributed by atoms with van der Waals surface area (Å²) < 4.78 is 2.11. The fourth-order valence-corrected chi connectivity index (χ4v) is 3.98. The van der Waals surface area contributed by atoms with Gasteiger partial charge >= 0.3 is 0 Å². The first kappa shape index (κ1) is 17.8. The number of fused-ring (bicyclic) bond motifs is 1. The van der Waals surface area contributed by atoms with Gasteiger partial charge in [0.15, 0.2) is 0 Å². The van der Waals surface area contributed by atoms with Gasteiger partial charge in [0.05, 0.1) is 6.04 Å². The zero-order chi connectivity index (χ0) is 18.8. The molecular formula is C23H27N3O. The highest BCUT2D eigenvalue weighted by Gasteiger charge is 2.29. The molecular weight excluding hydrogens is 334 g/mol. The molecule has 140 valence electrons. The number of aryl methyl sites for hydroxylation is 2. The van der Waals surface area contributed by atoms with Gasteiger partial charge in [0, 0.05) is 25.3 Å². The molecule has 0 bridgehead atoms. The van der Waals surface area contributed by atoms with Crippen LogP contribution in [0.1, 0.15) is 23.1 Å². The van der Waals surface area contributed by atoms with Crippen LogP contribution in [0.3, 0.4) is 0 Å². The van der Waals surface area contributed by atoms with Crippen molar-refractivity contribution in [1.29, 1.82) is 0 Å². The molecule has 1 fully saturated rings. The largest absolute Gasteiger partial charge is 0.351 e. The number of hydrogen-bond acceptors (Lipinski definition) is 2. The van der Waals surface area contributed by atoms with Crippen molar-refractivity contribution < 1.29 is 4.79 Å². The summed E-state index contributed by atoms with van der Waals surface area (Å²) in [7, 11) is 2.04. The third-order valence-electron chi connectivity index (χ3n) is 5.60. The number of aromatic nitrogens is 1. The van der Waals surface area contributed by atoms with Crippen molar-refractivity contribution in [3.63, 3.8) is 0 Å². The molecule has 2 unspecified atom stereocenters. The first-order valence-electron chi connectivity index (χ1n) is 9.69. The average Bonchev–Trinajstić information content (AvgIpc) is 3.29. The van der Waals surface area contributed by atoms with E-state index in [2.05, 4.69) is 76.9 Å². The summed E-state index contributed by atoms with van der Waals surface area (Å²) in [5.74, 6) is 0.624. The second-order valence-electron chi connectivity index (χ2n) is 7.79. The van der Waals surface area contributed by atoms with Crippen LogP contribution in [0.4, 0.5) is 0 Å². The molecule has 27 heavy (non-hydrogen) atoms. The average molecular weight is 361 g/mol. The lowest BCUT2D eigenvalue weighted by Crippen LogP contribution is -2.39. The predicted octanol–water partition coefficient (Wildman–Crippen LogP) is 3.32.